The van der Waals surface area contributed by atoms with E-state index in [1.165, 1.54) is 18.4 Å². The van der Waals surface area contributed by atoms with Gasteiger partial charge in [0.1, 0.15) is 0 Å². The van der Waals surface area contributed by atoms with Crippen LogP contribution in [0.4, 0.5) is 0 Å². The monoisotopic (exact) mass is 312 g/mol. The molecule has 2 heterocycles. The van der Waals surface area contributed by atoms with E-state index in [2.05, 4.69) is 23.3 Å². The summed E-state index contributed by atoms with van der Waals surface area (Å²) < 4.78 is 5.98. The van der Waals surface area contributed by atoms with E-state index in [9.17, 15) is 5.26 Å². The van der Waals surface area contributed by atoms with Crippen molar-refractivity contribution < 1.29 is 9.57 Å². The summed E-state index contributed by atoms with van der Waals surface area (Å²) in [6, 6.07) is 13.1. The first-order chi connectivity index (χ1) is 11.3. The minimum absolute atomic E-state index is 0.0353. The van der Waals surface area contributed by atoms with Crippen LogP contribution in [0.3, 0.4) is 0 Å². The van der Waals surface area contributed by atoms with E-state index in [-0.39, 0.29) is 23.6 Å². The first-order valence-corrected chi connectivity index (χ1v) is 8.81. The topological polar surface area (TPSA) is 45.5 Å². The van der Waals surface area contributed by atoms with Crippen LogP contribution < -0.4 is 0 Å². The highest BCUT2D eigenvalue weighted by Crippen LogP contribution is 2.52. The SMILES string of the molecule is N#C[C@@H]1[C@@H]2CCC[C@]13CCC[C@@H](COCc1ccccc1)N3O2. The molecule has 4 heteroatoms. The minimum atomic E-state index is -0.0450. The molecule has 1 saturated carbocycles. The van der Waals surface area contributed by atoms with Gasteiger partial charge in [-0.25, -0.2) is 0 Å². The first-order valence-electron chi connectivity index (χ1n) is 8.81. The van der Waals surface area contributed by atoms with Crippen LogP contribution in [-0.2, 0) is 16.2 Å². The highest BCUT2D eigenvalue weighted by atomic mass is 16.7. The van der Waals surface area contributed by atoms with Gasteiger partial charge in [0.05, 0.1) is 42.9 Å². The van der Waals surface area contributed by atoms with Crippen molar-refractivity contribution in [3.05, 3.63) is 35.9 Å². The van der Waals surface area contributed by atoms with Crippen molar-refractivity contribution in [3.63, 3.8) is 0 Å². The zero-order valence-corrected chi connectivity index (χ0v) is 13.5. The number of fused-ring (bicyclic) bond motifs is 1. The summed E-state index contributed by atoms with van der Waals surface area (Å²) in [6.07, 6.45) is 6.76. The summed E-state index contributed by atoms with van der Waals surface area (Å²) >= 11 is 0. The number of benzene rings is 1. The molecule has 0 N–H and O–H groups in total. The summed E-state index contributed by atoms with van der Waals surface area (Å²) in [5, 5.41) is 11.8. The van der Waals surface area contributed by atoms with Crippen LogP contribution in [0, 0.1) is 17.2 Å². The Labute approximate surface area is 137 Å². The molecule has 0 amide bonds. The lowest BCUT2D eigenvalue weighted by Gasteiger charge is -2.46. The van der Waals surface area contributed by atoms with Crippen LogP contribution in [0.15, 0.2) is 30.3 Å². The molecule has 0 radical (unpaired) electrons. The van der Waals surface area contributed by atoms with E-state index in [1.54, 1.807) is 0 Å². The smallest absolute Gasteiger partial charge is 0.0970 e. The summed E-state index contributed by atoms with van der Waals surface area (Å²) in [6.45, 7) is 1.32. The van der Waals surface area contributed by atoms with Crippen molar-refractivity contribution in [2.24, 2.45) is 5.92 Å². The Hall–Kier alpha value is -1.41. The third kappa shape index (κ3) is 2.57. The second-order valence-corrected chi connectivity index (χ2v) is 7.12. The predicted octanol–water partition coefficient (Wildman–Crippen LogP) is 3.43. The molecule has 3 aliphatic rings. The fourth-order valence-electron chi connectivity index (χ4n) is 4.73. The quantitative estimate of drug-likeness (QED) is 0.854. The van der Waals surface area contributed by atoms with E-state index >= 15 is 0 Å². The summed E-state index contributed by atoms with van der Waals surface area (Å²) in [5.41, 5.74) is 1.16. The number of rotatable bonds is 4. The standard InChI is InChI=1S/C19H24N2O2/c20-12-17-18-9-5-11-19(17)10-4-8-16(21(19)23-18)14-22-13-15-6-2-1-3-7-15/h1-3,6-7,16-18H,4-5,8-11,13-14H2/t16-,17+,18-,19+/m0/s1. The Bertz CT molecular complexity index is 581. The molecule has 2 saturated heterocycles. The summed E-state index contributed by atoms with van der Waals surface area (Å²) in [5.74, 6) is 0.0353. The lowest BCUT2D eigenvalue weighted by molar-refractivity contribution is -0.231. The number of nitrogens with zero attached hydrogens (tertiary/aromatic N) is 2. The molecule has 2 bridgehead atoms. The van der Waals surface area contributed by atoms with Gasteiger partial charge in [0.2, 0.25) is 0 Å². The lowest BCUT2D eigenvalue weighted by atomic mass is 9.68. The van der Waals surface area contributed by atoms with Crippen LogP contribution in [0.25, 0.3) is 0 Å². The van der Waals surface area contributed by atoms with Crippen LogP contribution in [0.1, 0.15) is 44.1 Å². The Morgan fingerprint density at radius 3 is 2.78 bits per heavy atom. The highest BCUT2D eigenvalue weighted by molar-refractivity contribution is 5.15. The van der Waals surface area contributed by atoms with Crippen LogP contribution in [0.5, 0.6) is 0 Å². The molecule has 1 spiro atoms. The van der Waals surface area contributed by atoms with Crippen molar-refractivity contribution in [2.75, 3.05) is 6.61 Å². The van der Waals surface area contributed by atoms with E-state index in [0.29, 0.717) is 13.2 Å². The van der Waals surface area contributed by atoms with Crippen LogP contribution >= 0.6 is 0 Å². The third-order valence-corrected chi connectivity index (χ3v) is 5.78. The van der Waals surface area contributed by atoms with Crippen molar-refractivity contribution >= 4 is 0 Å². The Morgan fingerprint density at radius 2 is 2.00 bits per heavy atom. The van der Waals surface area contributed by atoms with Gasteiger partial charge in [-0.3, -0.25) is 4.84 Å². The molecule has 4 atom stereocenters. The van der Waals surface area contributed by atoms with Gasteiger partial charge < -0.3 is 4.74 Å². The maximum absolute atomic E-state index is 9.63. The molecule has 4 rings (SSSR count). The number of hydroxylamine groups is 2. The molecule has 1 aliphatic carbocycles. The number of hydrogen-bond donors (Lipinski definition) is 0. The van der Waals surface area contributed by atoms with Gasteiger partial charge in [0.25, 0.3) is 0 Å². The van der Waals surface area contributed by atoms with Crippen LogP contribution in [-0.4, -0.2) is 29.4 Å². The fraction of sp³-hybridized carbons (Fsp3) is 0.632. The van der Waals surface area contributed by atoms with Gasteiger partial charge in [0.15, 0.2) is 0 Å². The van der Waals surface area contributed by atoms with E-state index in [0.717, 1.165) is 25.7 Å². The van der Waals surface area contributed by atoms with Gasteiger partial charge in [0, 0.05) is 0 Å². The lowest BCUT2D eigenvalue weighted by Crippen LogP contribution is -2.56. The average Bonchev–Trinajstić information content (AvgIpc) is 2.77. The van der Waals surface area contributed by atoms with Crippen molar-refractivity contribution in [3.8, 4) is 6.07 Å². The Balaban J connectivity index is 1.43. The maximum atomic E-state index is 9.63. The zero-order valence-electron chi connectivity index (χ0n) is 13.5. The van der Waals surface area contributed by atoms with Gasteiger partial charge in [-0.1, -0.05) is 30.3 Å². The maximum Gasteiger partial charge on any atom is 0.0970 e. The second-order valence-electron chi connectivity index (χ2n) is 7.12. The van der Waals surface area contributed by atoms with Gasteiger partial charge in [-0.2, -0.15) is 10.3 Å². The molecular weight excluding hydrogens is 288 g/mol. The Kier molecular flexibility index (Phi) is 4.11. The number of nitriles is 1. The largest absolute Gasteiger partial charge is 0.375 e. The third-order valence-electron chi connectivity index (χ3n) is 5.78. The average molecular weight is 312 g/mol. The van der Waals surface area contributed by atoms with E-state index in [1.807, 2.05) is 18.2 Å². The summed E-state index contributed by atoms with van der Waals surface area (Å²) in [4.78, 5) is 6.23. The first kappa shape index (κ1) is 15.1. The molecular formula is C19H24N2O2. The van der Waals surface area contributed by atoms with Gasteiger partial charge in [-0.15, -0.1) is 0 Å². The molecule has 122 valence electrons. The van der Waals surface area contributed by atoms with Gasteiger partial charge >= 0.3 is 0 Å². The minimum Gasteiger partial charge on any atom is -0.375 e. The van der Waals surface area contributed by atoms with Crippen molar-refractivity contribution in [1.82, 2.24) is 5.06 Å². The number of piperidine rings is 1. The molecule has 4 nitrogen and oxygen atoms in total. The van der Waals surface area contributed by atoms with E-state index < -0.39 is 0 Å². The number of hydrogen-bond acceptors (Lipinski definition) is 4. The van der Waals surface area contributed by atoms with Crippen molar-refractivity contribution in [1.29, 1.82) is 5.26 Å². The predicted molar refractivity (Wildman–Crippen MR) is 86.1 cm³/mol. The fourth-order valence-corrected chi connectivity index (χ4v) is 4.73. The molecule has 0 aromatic heterocycles. The Morgan fingerprint density at radius 1 is 1.22 bits per heavy atom. The van der Waals surface area contributed by atoms with Crippen molar-refractivity contribution in [2.45, 2.75) is 62.8 Å². The molecule has 23 heavy (non-hydrogen) atoms. The highest BCUT2D eigenvalue weighted by Gasteiger charge is 2.60. The molecule has 3 fully saturated rings. The zero-order chi connectivity index (χ0) is 15.7. The molecule has 0 unspecified atom stereocenters. The normalized spacial score (nSPS) is 36.4. The molecule has 2 aliphatic heterocycles. The van der Waals surface area contributed by atoms with E-state index in [4.69, 9.17) is 9.57 Å². The summed E-state index contributed by atoms with van der Waals surface area (Å²) in [7, 11) is 0. The van der Waals surface area contributed by atoms with Crippen LogP contribution in [0.2, 0.25) is 0 Å². The molecule has 1 aromatic carbocycles. The van der Waals surface area contributed by atoms with Gasteiger partial charge in [-0.05, 0) is 44.1 Å². The second kappa shape index (κ2) is 6.24. The molecule has 1 aromatic rings. The number of ether oxygens (including phenoxy) is 1.